The van der Waals surface area contributed by atoms with Crippen LogP contribution in [0, 0.1) is 0 Å². The normalized spacial score (nSPS) is 11.4. The number of hydrazine groups is 1. The van der Waals surface area contributed by atoms with Gasteiger partial charge in [-0.3, -0.25) is 15.6 Å². The zero-order valence-electron chi connectivity index (χ0n) is 12.4. The second kappa shape index (κ2) is 9.15. The second-order valence-corrected chi connectivity index (χ2v) is 4.94. The molecule has 0 aromatic heterocycles. The molecular weight excluding hydrogens is 290 g/mol. The molecule has 0 bridgehead atoms. The first kappa shape index (κ1) is 17.2. The van der Waals surface area contributed by atoms with Crippen LogP contribution in [0.25, 0.3) is 0 Å². The summed E-state index contributed by atoms with van der Waals surface area (Å²) in [5.74, 6) is 0.582. The number of carbonyl (C=O) groups excluding carboxylic acids is 1. The summed E-state index contributed by atoms with van der Waals surface area (Å²) in [7, 11) is 3.22. The first-order valence-corrected chi connectivity index (χ1v) is 6.93. The van der Waals surface area contributed by atoms with Crippen molar-refractivity contribution >= 4 is 23.2 Å². The van der Waals surface area contributed by atoms with E-state index in [0.717, 1.165) is 11.3 Å². The standard InChI is InChI=1S/C14H21N3O3S/c1-10(9-19-2)15-14(21)17-16-13(18)8-11-4-6-12(20-3)7-5-11/h4-7,10H,8-9H2,1-3H3,(H,16,18)(H2,15,17,21)/t10-/m0/s1. The monoisotopic (exact) mass is 311 g/mol. The van der Waals surface area contributed by atoms with Gasteiger partial charge >= 0.3 is 0 Å². The molecule has 6 nitrogen and oxygen atoms in total. The van der Waals surface area contributed by atoms with Crippen LogP contribution in [0.3, 0.4) is 0 Å². The summed E-state index contributed by atoms with van der Waals surface area (Å²) in [6.07, 6.45) is 0.257. The quantitative estimate of drug-likeness (QED) is 0.532. The minimum absolute atomic E-state index is 0.0634. The Morgan fingerprint density at radius 2 is 1.90 bits per heavy atom. The molecule has 1 aromatic rings. The lowest BCUT2D eigenvalue weighted by molar-refractivity contribution is -0.121. The molecule has 0 saturated heterocycles. The smallest absolute Gasteiger partial charge is 0.242 e. The molecule has 0 heterocycles. The van der Waals surface area contributed by atoms with E-state index in [2.05, 4.69) is 16.2 Å². The molecule has 7 heteroatoms. The molecule has 1 amide bonds. The fraction of sp³-hybridized carbons (Fsp3) is 0.429. The molecule has 0 unspecified atom stereocenters. The summed E-state index contributed by atoms with van der Waals surface area (Å²) in [4.78, 5) is 11.8. The van der Waals surface area contributed by atoms with Gasteiger partial charge in [0, 0.05) is 13.2 Å². The summed E-state index contributed by atoms with van der Waals surface area (Å²) in [5.41, 5.74) is 6.09. The number of carbonyl (C=O) groups is 1. The van der Waals surface area contributed by atoms with Gasteiger partial charge in [0.2, 0.25) is 5.91 Å². The van der Waals surface area contributed by atoms with Crippen LogP contribution in [0.4, 0.5) is 0 Å². The highest BCUT2D eigenvalue weighted by Crippen LogP contribution is 2.11. The highest BCUT2D eigenvalue weighted by atomic mass is 32.1. The molecule has 21 heavy (non-hydrogen) atoms. The maximum atomic E-state index is 11.8. The van der Waals surface area contributed by atoms with Gasteiger partial charge in [0.05, 0.1) is 20.1 Å². The van der Waals surface area contributed by atoms with E-state index >= 15 is 0 Å². The van der Waals surface area contributed by atoms with E-state index in [1.54, 1.807) is 14.2 Å². The van der Waals surface area contributed by atoms with Crippen molar-refractivity contribution in [2.75, 3.05) is 20.8 Å². The summed E-state index contributed by atoms with van der Waals surface area (Å²) >= 11 is 5.05. The van der Waals surface area contributed by atoms with Gasteiger partial charge in [0.25, 0.3) is 0 Å². The Labute approximate surface area is 130 Å². The minimum atomic E-state index is -0.177. The van der Waals surface area contributed by atoms with Gasteiger partial charge in [-0.15, -0.1) is 0 Å². The second-order valence-electron chi connectivity index (χ2n) is 4.53. The fourth-order valence-electron chi connectivity index (χ4n) is 1.65. The number of hydrogen-bond acceptors (Lipinski definition) is 4. The van der Waals surface area contributed by atoms with Gasteiger partial charge in [-0.1, -0.05) is 12.1 Å². The largest absolute Gasteiger partial charge is 0.497 e. The molecule has 0 aliphatic carbocycles. The molecule has 1 atom stereocenters. The van der Waals surface area contributed by atoms with Gasteiger partial charge in [-0.2, -0.15) is 0 Å². The van der Waals surface area contributed by atoms with Gasteiger partial charge in [-0.05, 0) is 36.8 Å². The van der Waals surface area contributed by atoms with Crippen LogP contribution >= 0.6 is 12.2 Å². The molecule has 0 spiro atoms. The molecule has 0 fully saturated rings. The van der Waals surface area contributed by atoms with E-state index in [9.17, 15) is 4.79 Å². The summed E-state index contributed by atoms with van der Waals surface area (Å²) in [5, 5.41) is 3.33. The molecular formula is C14H21N3O3S. The van der Waals surface area contributed by atoms with Gasteiger partial charge in [0.15, 0.2) is 5.11 Å². The van der Waals surface area contributed by atoms with Crippen molar-refractivity contribution in [3.05, 3.63) is 29.8 Å². The maximum absolute atomic E-state index is 11.8. The number of benzene rings is 1. The lowest BCUT2D eigenvalue weighted by Crippen LogP contribution is -2.50. The SMILES string of the molecule is COC[C@H](C)NC(=S)NNC(=O)Cc1ccc(OC)cc1. The zero-order valence-corrected chi connectivity index (χ0v) is 13.3. The maximum Gasteiger partial charge on any atom is 0.242 e. The summed E-state index contributed by atoms with van der Waals surface area (Å²) in [6, 6.07) is 7.38. The Morgan fingerprint density at radius 3 is 2.48 bits per heavy atom. The minimum Gasteiger partial charge on any atom is -0.497 e. The zero-order chi connectivity index (χ0) is 15.7. The third kappa shape index (κ3) is 6.92. The third-order valence-electron chi connectivity index (χ3n) is 2.63. The number of hydrogen-bond donors (Lipinski definition) is 3. The molecule has 3 N–H and O–H groups in total. The van der Waals surface area contributed by atoms with E-state index in [0.29, 0.717) is 11.7 Å². The molecule has 0 aliphatic rings. The Kier molecular flexibility index (Phi) is 7.49. The predicted molar refractivity (Wildman–Crippen MR) is 85.0 cm³/mol. The van der Waals surface area contributed by atoms with E-state index in [1.807, 2.05) is 31.2 Å². The topological polar surface area (TPSA) is 71.6 Å². The Hall–Kier alpha value is -1.86. The van der Waals surface area contributed by atoms with Crippen LogP contribution < -0.4 is 20.9 Å². The van der Waals surface area contributed by atoms with Crippen LogP contribution in [-0.4, -0.2) is 37.9 Å². The van der Waals surface area contributed by atoms with Gasteiger partial charge < -0.3 is 14.8 Å². The number of thiocarbonyl (C=S) groups is 1. The van der Waals surface area contributed by atoms with E-state index in [4.69, 9.17) is 21.7 Å². The van der Waals surface area contributed by atoms with Gasteiger partial charge in [-0.25, -0.2) is 0 Å². The Balaban J connectivity index is 2.31. The molecule has 1 rings (SSSR count). The summed E-state index contributed by atoms with van der Waals surface area (Å²) in [6.45, 7) is 2.46. The van der Waals surface area contributed by atoms with Crippen molar-refractivity contribution in [1.82, 2.24) is 16.2 Å². The first-order chi connectivity index (χ1) is 10.0. The number of amides is 1. The van der Waals surface area contributed by atoms with Crippen LogP contribution in [0.2, 0.25) is 0 Å². The predicted octanol–water partition coefficient (Wildman–Crippen LogP) is 0.768. The molecule has 0 saturated carbocycles. The third-order valence-corrected chi connectivity index (χ3v) is 2.85. The van der Waals surface area contributed by atoms with E-state index < -0.39 is 0 Å². The van der Waals surface area contributed by atoms with Crippen molar-refractivity contribution in [3.63, 3.8) is 0 Å². The van der Waals surface area contributed by atoms with Crippen LogP contribution in [-0.2, 0) is 16.0 Å². The van der Waals surface area contributed by atoms with Gasteiger partial charge in [0.1, 0.15) is 5.75 Å². The van der Waals surface area contributed by atoms with Crippen LogP contribution in [0.5, 0.6) is 5.75 Å². The summed E-state index contributed by atoms with van der Waals surface area (Å²) < 4.78 is 10.0. The molecule has 0 radical (unpaired) electrons. The van der Waals surface area contributed by atoms with Crippen LogP contribution in [0.1, 0.15) is 12.5 Å². The molecule has 116 valence electrons. The molecule has 1 aromatic carbocycles. The highest BCUT2D eigenvalue weighted by Gasteiger charge is 2.06. The number of nitrogens with one attached hydrogen (secondary N) is 3. The van der Waals surface area contributed by atoms with Crippen molar-refractivity contribution in [3.8, 4) is 5.75 Å². The fourth-order valence-corrected chi connectivity index (χ4v) is 1.90. The number of methoxy groups -OCH3 is 2. The van der Waals surface area contributed by atoms with Crippen molar-refractivity contribution in [2.45, 2.75) is 19.4 Å². The Morgan fingerprint density at radius 1 is 1.24 bits per heavy atom. The van der Waals surface area contributed by atoms with Crippen molar-refractivity contribution < 1.29 is 14.3 Å². The lowest BCUT2D eigenvalue weighted by Gasteiger charge is -2.16. The molecule has 0 aliphatic heterocycles. The van der Waals surface area contributed by atoms with E-state index in [-0.39, 0.29) is 18.4 Å². The van der Waals surface area contributed by atoms with Crippen LogP contribution in [0.15, 0.2) is 24.3 Å². The number of rotatable bonds is 6. The number of ether oxygens (including phenoxy) is 2. The lowest BCUT2D eigenvalue weighted by atomic mass is 10.1. The highest BCUT2D eigenvalue weighted by molar-refractivity contribution is 7.80. The average Bonchev–Trinajstić information content (AvgIpc) is 2.46. The van der Waals surface area contributed by atoms with Crippen molar-refractivity contribution in [1.29, 1.82) is 0 Å². The average molecular weight is 311 g/mol. The Bertz CT molecular complexity index is 465. The van der Waals surface area contributed by atoms with Crippen molar-refractivity contribution in [2.24, 2.45) is 0 Å². The first-order valence-electron chi connectivity index (χ1n) is 6.52. The van der Waals surface area contributed by atoms with E-state index in [1.165, 1.54) is 0 Å².